The van der Waals surface area contributed by atoms with Crippen molar-refractivity contribution in [2.75, 3.05) is 14.1 Å². The molecule has 1 aromatic heterocycles. The van der Waals surface area contributed by atoms with Gasteiger partial charge in [0.05, 0.1) is 0 Å². The van der Waals surface area contributed by atoms with Crippen LogP contribution in [0.3, 0.4) is 0 Å². The van der Waals surface area contributed by atoms with Crippen molar-refractivity contribution in [1.82, 2.24) is 9.47 Å². The third kappa shape index (κ3) is 2.11. The van der Waals surface area contributed by atoms with Crippen LogP contribution < -0.4 is 0 Å². The van der Waals surface area contributed by atoms with E-state index in [-0.39, 0.29) is 5.91 Å². The second-order valence-corrected chi connectivity index (χ2v) is 3.29. The molecule has 0 saturated heterocycles. The van der Waals surface area contributed by atoms with Gasteiger partial charge in [-0.1, -0.05) is 6.92 Å². The van der Waals surface area contributed by atoms with Gasteiger partial charge in [0.25, 0.3) is 5.91 Å². The van der Waals surface area contributed by atoms with Crippen molar-refractivity contribution in [3.63, 3.8) is 0 Å². The lowest BCUT2D eigenvalue weighted by Gasteiger charge is -2.12. The van der Waals surface area contributed by atoms with Gasteiger partial charge in [-0.05, 0) is 18.6 Å². The van der Waals surface area contributed by atoms with Gasteiger partial charge >= 0.3 is 0 Å². The SMILES string of the molecule is CCCn1cccc1C(=O)N(C)C. The fraction of sp³-hybridized carbons (Fsp3) is 0.500. The second-order valence-electron chi connectivity index (χ2n) is 3.29. The van der Waals surface area contributed by atoms with Crippen LogP contribution in [0.2, 0.25) is 0 Å². The van der Waals surface area contributed by atoms with E-state index in [2.05, 4.69) is 6.92 Å². The standard InChI is InChI=1S/C10H16N2O/c1-4-7-12-8-5-6-9(12)10(13)11(2)3/h5-6,8H,4,7H2,1-3H3. The number of rotatable bonds is 3. The van der Waals surface area contributed by atoms with E-state index in [9.17, 15) is 4.79 Å². The molecule has 72 valence electrons. The van der Waals surface area contributed by atoms with Crippen LogP contribution in [0.25, 0.3) is 0 Å². The van der Waals surface area contributed by atoms with Crippen LogP contribution in [0.15, 0.2) is 18.3 Å². The third-order valence-corrected chi connectivity index (χ3v) is 1.92. The monoisotopic (exact) mass is 180 g/mol. The summed E-state index contributed by atoms with van der Waals surface area (Å²) in [5.74, 6) is 0.0680. The average molecular weight is 180 g/mol. The number of nitrogens with zero attached hydrogens (tertiary/aromatic N) is 2. The molecule has 0 atom stereocenters. The summed E-state index contributed by atoms with van der Waals surface area (Å²) in [7, 11) is 3.54. The number of aromatic nitrogens is 1. The van der Waals surface area contributed by atoms with Gasteiger partial charge < -0.3 is 9.47 Å². The lowest BCUT2D eigenvalue weighted by Crippen LogP contribution is -2.24. The Hall–Kier alpha value is -1.25. The third-order valence-electron chi connectivity index (χ3n) is 1.92. The van der Waals surface area contributed by atoms with Gasteiger partial charge in [-0.25, -0.2) is 0 Å². The molecule has 0 bridgehead atoms. The molecular formula is C10H16N2O. The number of carbonyl (C=O) groups is 1. The predicted molar refractivity (Wildman–Crippen MR) is 52.7 cm³/mol. The Bertz CT molecular complexity index is 289. The summed E-state index contributed by atoms with van der Waals surface area (Å²) in [4.78, 5) is 13.2. The summed E-state index contributed by atoms with van der Waals surface area (Å²) in [5.41, 5.74) is 0.770. The molecule has 1 heterocycles. The van der Waals surface area contributed by atoms with Crippen LogP contribution >= 0.6 is 0 Å². The lowest BCUT2D eigenvalue weighted by atomic mass is 10.3. The van der Waals surface area contributed by atoms with E-state index < -0.39 is 0 Å². The lowest BCUT2D eigenvalue weighted by molar-refractivity contribution is 0.0817. The molecule has 0 N–H and O–H groups in total. The molecule has 1 aromatic rings. The van der Waals surface area contributed by atoms with Crippen LogP contribution in [0.5, 0.6) is 0 Å². The summed E-state index contributed by atoms with van der Waals surface area (Å²) in [6.45, 7) is 3.01. The van der Waals surface area contributed by atoms with E-state index in [0.717, 1.165) is 18.7 Å². The number of carbonyl (C=O) groups excluding carboxylic acids is 1. The van der Waals surface area contributed by atoms with Crippen molar-refractivity contribution in [2.24, 2.45) is 0 Å². The summed E-state index contributed by atoms with van der Waals surface area (Å²) >= 11 is 0. The summed E-state index contributed by atoms with van der Waals surface area (Å²) in [5, 5.41) is 0. The van der Waals surface area contributed by atoms with E-state index in [0.29, 0.717) is 0 Å². The number of hydrogen-bond acceptors (Lipinski definition) is 1. The van der Waals surface area contributed by atoms with Gasteiger partial charge in [0.2, 0.25) is 0 Å². The van der Waals surface area contributed by atoms with Gasteiger partial charge in [0.15, 0.2) is 0 Å². The molecule has 13 heavy (non-hydrogen) atoms. The number of hydrogen-bond donors (Lipinski definition) is 0. The fourth-order valence-corrected chi connectivity index (χ4v) is 1.27. The zero-order valence-corrected chi connectivity index (χ0v) is 8.45. The quantitative estimate of drug-likeness (QED) is 0.693. The molecule has 0 unspecified atom stereocenters. The van der Waals surface area contributed by atoms with Crippen LogP contribution in [0, 0.1) is 0 Å². The molecule has 0 saturated carbocycles. The highest BCUT2D eigenvalue weighted by Crippen LogP contribution is 2.05. The number of aryl methyl sites for hydroxylation is 1. The zero-order valence-electron chi connectivity index (χ0n) is 8.45. The second kappa shape index (κ2) is 4.12. The highest BCUT2D eigenvalue weighted by atomic mass is 16.2. The summed E-state index contributed by atoms with van der Waals surface area (Å²) < 4.78 is 1.99. The first kappa shape index (κ1) is 9.84. The van der Waals surface area contributed by atoms with Gasteiger partial charge in [-0.3, -0.25) is 4.79 Å². The first-order valence-electron chi connectivity index (χ1n) is 4.53. The first-order valence-corrected chi connectivity index (χ1v) is 4.53. The summed E-state index contributed by atoms with van der Waals surface area (Å²) in [6, 6.07) is 3.77. The molecule has 0 aliphatic rings. The van der Waals surface area contributed by atoms with E-state index in [1.54, 1.807) is 19.0 Å². The fourth-order valence-electron chi connectivity index (χ4n) is 1.27. The van der Waals surface area contributed by atoms with Gasteiger partial charge in [-0.2, -0.15) is 0 Å². The minimum Gasteiger partial charge on any atom is -0.344 e. The largest absolute Gasteiger partial charge is 0.344 e. The summed E-state index contributed by atoms with van der Waals surface area (Å²) in [6.07, 6.45) is 2.99. The Balaban J connectivity index is 2.87. The van der Waals surface area contributed by atoms with Crippen LogP contribution in [0.4, 0.5) is 0 Å². The normalized spacial score (nSPS) is 10.1. The minimum absolute atomic E-state index is 0.0680. The molecule has 3 nitrogen and oxygen atoms in total. The van der Waals surface area contributed by atoms with Crippen molar-refractivity contribution in [2.45, 2.75) is 19.9 Å². The Morgan fingerprint density at radius 1 is 1.54 bits per heavy atom. The molecule has 0 fully saturated rings. The predicted octanol–water partition coefficient (Wildman–Crippen LogP) is 1.60. The maximum absolute atomic E-state index is 11.6. The van der Waals surface area contributed by atoms with E-state index >= 15 is 0 Å². The molecule has 0 aliphatic carbocycles. The Labute approximate surface area is 79.0 Å². The zero-order chi connectivity index (χ0) is 9.84. The molecule has 0 spiro atoms. The van der Waals surface area contributed by atoms with E-state index in [4.69, 9.17) is 0 Å². The maximum Gasteiger partial charge on any atom is 0.269 e. The average Bonchev–Trinajstić information content (AvgIpc) is 2.52. The minimum atomic E-state index is 0.0680. The van der Waals surface area contributed by atoms with E-state index in [1.807, 2.05) is 22.9 Å². The molecular weight excluding hydrogens is 164 g/mol. The smallest absolute Gasteiger partial charge is 0.269 e. The van der Waals surface area contributed by atoms with Gasteiger partial charge in [0.1, 0.15) is 5.69 Å². The van der Waals surface area contributed by atoms with Gasteiger partial charge in [-0.15, -0.1) is 0 Å². The van der Waals surface area contributed by atoms with Crippen molar-refractivity contribution in [3.8, 4) is 0 Å². The highest BCUT2D eigenvalue weighted by Gasteiger charge is 2.11. The van der Waals surface area contributed by atoms with Gasteiger partial charge in [0, 0.05) is 26.8 Å². The van der Waals surface area contributed by atoms with Crippen molar-refractivity contribution in [1.29, 1.82) is 0 Å². The molecule has 0 aromatic carbocycles. The molecule has 3 heteroatoms. The molecule has 1 amide bonds. The maximum atomic E-state index is 11.6. The Kier molecular flexibility index (Phi) is 3.12. The molecule has 1 rings (SSSR count). The molecule has 0 radical (unpaired) electrons. The Morgan fingerprint density at radius 3 is 2.77 bits per heavy atom. The number of amides is 1. The van der Waals surface area contributed by atoms with Crippen LogP contribution in [-0.4, -0.2) is 29.5 Å². The Morgan fingerprint density at radius 2 is 2.23 bits per heavy atom. The van der Waals surface area contributed by atoms with Crippen LogP contribution in [-0.2, 0) is 6.54 Å². The van der Waals surface area contributed by atoms with Crippen molar-refractivity contribution < 1.29 is 4.79 Å². The van der Waals surface area contributed by atoms with E-state index in [1.165, 1.54) is 0 Å². The van der Waals surface area contributed by atoms with Crippen LogP contribution in [0.1, 0.15) is 23.8 Å². The first-order chi connectivity index (χ1) is 6.16. The van der Waals surface area contributed by atoms with Crippen molar-refractivity contribution in [3.05, 3.63) is 24.0 Å². The van der Waals surface area contributed by atoms with Crippen molar-refractivity contribution >= 4 is 5.91 Å². The highest BCUT2D eigenvalue weighted by molar-refractivity contribution is 5.92. The topological polar surface area (TPSA) is 25.2 Å². The molecule has 0 aliphatic heterocycles.